The molecule has 118 valence electrons. The lowest BCUT2D eigenvalue weighted by atomic mass is 9.38. The number of hydrogen-bond donors (Lipinski definition) is 1. The number of carbonyl (C=O) groups is 1. The summed E-state index contributed by atoms with van der Waals surface area (Å²) in [6.45, 7) is 3.83. The Balaban J connectivity index is 1.37. The maximum atomic E-state index is 11.8. The van der Waals surface area contributed by atoms with Crippen LogP contribution in [0.1, 0.15) is 19.3 Å². The van der Waals surface area contributed by atoms with Crippen molar-refractivity contribution in [3.8, 4) is 5.75 Å². The lowest BCUT2D eigenvalue weighted by Crippen LogP contribution is -2.78. The van der Waals surface area contributed by atoms with Crippen LogP contribution in [-0.4, -0.2) is 54.8 Å². The van der Waals surface area contributed by atoms with E-state index in [4.69, 9.17) is 4.74 Å². The molecule has 0 radical (unpaired) electrons. The van der Waals surface area contributed by atoms with Crippen LogP contribution >= 0.6 is 0 Å². The van der Waals surface area contributed by atoms with E-state index in [1.165, 1.54) is 7.11 Å². The van der Waals surface area contributed by atoms with Crippen molar-refractivity contribution < 1.29 is 14.6 Å². The Morgan fingerprint density at radius 1 is 1.14 bits per heavy atom. The van der Waals surface area contributed by atoms with Gasteiger partial charge in [-0.15, -0.1) is 0 Å². The van der Waals surface area contributed by atoms with Crippen LogP contribution in [0.15, 0.2) is 24.3 Å². The standard InChI is InChI=1S/C17H22N2O3/c1-22-15(21)16-10-17(11-16,12-16)19-8-6-18(7-9-19)13-4-2-3-5-14(13)20/h2-5,20H,6-12H2,1H3. The van der Waals surface area contributed by atoms with Crippen LogP contribution in [0, 0.1) is 5.41 Å². The molecule has 0 unspecified atom stereocenters. The average Bonchev–Trinajstić information content (AvgIpc) is 2.46. The number of phenolic OH excluding ortho intramolecular Hbond substituents is 1. The minimum absolute atomic E-state index is 0.0257. The molecule has 4 aliphatic rings. The molecule has 3 aliphatic carbocycles. The van der Waals surface area contributed by atoms with Gasteiger partial charge in [-0.05, 0) is 31.4 Å². The maximum absolute atomic E-state index is 11.8. The van der Waals surface area contributed by atoms with Gasteiger partial charge in [-0.2, -0.15) is 0 Å². The van der Waals surface area contributed by atoms with Crippen molar-refractivity contribution in [1.29, 1.82) is 0 Å². The normalized spacial score (nSPS) is 33.8. The van der Waals surface area contributed by atoms with Crippen molar-refractivity contribution in [3.05, 3.63) is 24.3 Å². The van der Waals surface area contributed by atoms with Gasteiger partial charge in [0.2, 0.25) is 0 Å². The van der Waals surface area contributed by atoms with Crippen molar-refractivity contribution in [2.75, 3.05) is 38.2 Å². The zero-order valence-corrected chi connectivity index (χ0v) is 12.9. The van der Waals surface area contributed by atoms with Gasteiger partial charge in [-0.25, -0.2) is 0 Å². The summed E-state index contributed by atoms with van der Waals surface area (Å²) in [5, 5.41) is 9.97. The third-order valence-electron chi connectivity index (χ3n) is 5.79. The molecule has 5 nitrogen and oxygen atoms in total. The molecule has 5 rings (SSSR count). The highest BCUT2D eigenvalue weighted by atomic mass is 16.5. The number of piperazine rings is 1. The van der Waals surface area contributed by atoms with Gasteiger partial charge in [0.15, 0.2) is 0 Å². The predicted molar refractivity (Wildman–Crippen MR) is 82.9 cm³/mol. The first kappa shape index (κ1) is 13.9. The Morgan fingerprint density at radius 2 is 1.77 bits per heavy atom. The third kappa shape index (κ3) is 1.78. The monoisotopic (exact) mass is 302 g/mol. The number of ether oxygens (including phenoxy) is 1. The first-order valence-corrected chi connectivity index (χ1v) is 7.95. The molecule has 3 saturated carbocycles. The van der Waals surface area contributed by atoms with Gasteiger partial charge < -0.3 is 14.7 Å². The van der Waals surface area contributed by atoms with Crippen LogP contribution < -0.4 is 4.90 Å². The fraction of sp³-hybridized carbons (Fsp3) is 0.588. The summed E-state index contributed by atoms with van der Waals surface area (Å²) in [6, 6.07) is 7.52. The van der Waals surface area contributed by atoms with E-state index in [1.807, 2.05) is 18.2 Å². The lowest BCUT2D eigenvalue weighted by Gasteiger charge is -2.72. The molecule has 22 heavy (non-hydrogen) atoms. The molecule has 5 heteroatoms. The van der Waals surface area contributed by atoms with Crippen LogP contribution in [0.2, 0.25) is 0 Å². The topological polar surface area (TPSA) is 53.0 Å². The summed E-state index contributed by atoms with van der Waals surface area (Å²) in [4.78, 5) is 16.6. The smallest absolute Gasteiger partial charge is 0.312 e. The van der Waals surface area contributed by atoms with Gasteiger partial charge in [0.1, 0.15) is 5.75 Å². The molecule has 0 aromatic heterocycles. The highest BCUT2D eigenvalue weighted by Gasteiger charge is 2.74. The minimum Gasteiger partial charge on any atom is -0.506 e. The first-order chi connectivity index (χ1) is 10.6. The Kier molecular flexibility index (Phi) is 2.92. The predicted octanol–water partition coefficient (Wildman–Crippen LogP) is 1.61. The summed E-state index contributed by atoms with van der Waals surface area (Å²) in [5.74, 6) is 0.327. The largest absolute Gasteiger partial charge is 0.506 e. The van der Waals surface area contributed by atoms with Gasteiger partial charge >= 0.3 is 5.97 Å². The van der Waals surface area contributed by atoms with E-state index in [0.717, 1.165) is 51.1 Å². The number of aromatic hydroxyl groups is 1. The lowest BCUT2D eigenvalue weighted by molar-refractivity contribution is -0.234. The quantitative estimate of drug-likeness (QED) is 0.860. The number of nitrogens with zero attached hydrogens (tertiary/aromatic N) is 2. The zero-order valence-electron chi connectivity index (χ0n) is 12.9. The maximum Gasteiger partial charge on any atom is 0.312 e. The summed E-state index contributed by atoms with van der Waals surface area (Å²) < 4.78 is 4.92. The molecule has 1 N–H and O–H groups in total. The second-order valence-corrected chi connectivity index (χ2v) is 6.99. The number of para-hydroxylation sites is 2. The van der Waals surface area contributed by atoms with E-state index in [2.05, 4.69) is 9.80 Å². The van der Waals surface area contributed by atoms with E-state index in [1.54, 1.807) is 6.07 Å². The fourth-order valence-electron chi connectivity index (χ4n) is 4.66. The molecular weight excluding hydrogens is 280 g/mol. The van der Waals surface area contributed by atoms with Crippen molar-refractivity contribution in [2.24, 2.45) is 5.41 Å². The van der Waals surface area contributed by atoms with Crippen molar-refractivity contribution in [2.45, 2.75) is 24.8 Å². The number of methoxy groups -OCH3 is 1. The zero-order chi connectivity index (χ0) is 15.4. The highest BCUT2D eigenvalue weighted by molar-refractivity contribution is 5.82. The second kappa shape index (κ2) is 4.62. The second-order valence-electron chi connectivity index (χ2n) is 6.99. The van der Waals surface area contributed by atoms with Crippen LogP contribution in [-0.2, 0) is 9.53 Å². The Bertz CT molecular complexity index is 588. The molecule has 0 atom stereocenters. The summed E-state index contributed by atoms with van der Waals surface area (Å²) >= 11 is 0. The van der Waals surface area contributed by atoms with E-state index in [-0.39, 0.29) is 16.9 Å². The van der Waals surface area contributed by atoms with E-state index in [0.29, 0.717) is 5.75 Å². The van der Waals surface area contributed by atoms with Crippen molar-refractivity contribution in [1.82, 2.24) is 4.90 Å². The third-order valence-corrected chi connectivity index (χ3v) is 5.79. The van der Waals surface area contributed by atoms with Gasteiger partial charge in [0.25, 0.3) is 0 Å². The number of rotatable bonds is 3. The molecule has 1 heterocycles. The summed E-state index contributed by atoms with van der Waals surface area (Å²) in [6.07, 6.45) is 2.88. The number of hydrogen-bond acceptors (Lipinski definition) is 5. The highest BCUT2D eigenvalue weighted by Crippen LogP contribution is 2.70. The first-order valence-electron chi connectivity index (χ1n) is 7.95. The van der Waals surface area contributed by atoms with E-state index >= 15 is 0 Å². The minimum atomic E-state index is -0.163. The number of anilines is 1. The van der Waals surface area contributed by atoms with Crippen LogP contribution in [0.3, 0.4) is 0 Å². The molecule has 4 fully saturated rings. The Hall–Kier alpha value is -1.75. The molecule has 0 amide bonds. The van der Waals surface area contributed by atoms with E-state index in [9.17, 15) is 9.90 Å². The summed E-state index contributed by atoms with van der Waals surface area (Å²) in [7, 11) is 1.49. The average molecular weight is 302 g/mol. The van der Waals surface area contributed by atoms with Crippen LogP contribution in [0.5, 0.6) is 5.75 Å². The van der Waals surface area contributed by atoms with Gasteiger partial charge in [0.05, 0.1) is 18.2 Å². The number of esters is 1. The van der Waals surface area contributed by atoms with Gasteiger partial charge in [-0.1, -0.05) is 12.1 Å². The van der Waals surface area contributed by atoms with Crippen molar-refractivity contribution in [3.63, 3.8) is 0 Å². The molecule has 1 aromatic rings. The Morgan fingerprint density at radius 3 is 2.36 bits per heavy atom. The number of carbonyl (C=O) groups excluding carboxylic acids is 1. The molecule has 1 aromatic carbocycles. The van der Waals surface area contributed by atoms with Crippen molar-refractivity contribution >= 4 is 11.7 Å². The molecule has 1 aliphatic heterocycles. The van der Waals surface area contributed by atoms with E-state index < -0.39 is 0 Å². The van der Waals surface area contributed by atoms with Gasteiger partial charge in [-0.3, -0.25) is 9.69 Å². The van der Waals surface area contributed by atoms with Gasteiger partial charge in [0, 0.05) is 31.7 Å². The van der Waals surface area contributed by atoms with Crippen LogP contribution in [0.25, 0.3) is 0 Å². The molecular formula is C17H22N2O3. The summed E-state index contributed by atoms with van der Waals surface area (Å²) in [5.41, 5.74) is 1.01. The SMILES string of the molecule is COC(=O)C12CC(N3CCN(c4ccccc4O)CC3)(C1)C2. The molecule has 0 spiro atoms. The fourth-order valence-corrected chi connectivity index (χ4v) is 4.66. The number of benzene rings is 1. The molecule has 1 saturated heterocycles. The Labute approximate surface area is 130 Å². The van der Waals surface area contributed by atoms with Crippen LogP contribution in [0.4, 0.5) is 5.69 Å². The molecule has 2 bridgehead atoms. The number of phenols is 1.